The van der Waals surface area contributed by atoms with Crippen LogP contribution >= 0.6 is 0 Å². The van der Waals surface area contributed by atoms with Gasteiger partial charge in [0.1, 0.15) is 11.9 Å². The minimum absolute atomic E-state index is 0.0985. The first-order valence-corrected chi connectivity index (χ1v) is 7.12. The normalized spacial score (nSPS) is 16.9. The molecule has 0 bridgehead atoms. The summed E-state index contributed by atoms with van der Waals surface area (Å²) in [6, 6.07) is 1.94. The fourth-order valence-electron chi connectivity index (χ4n) is 2.49. The van der Waals surface area contributed by atoms with Crippen LogP contribution in [0.3, 0.4) is 0 Å². The third-order valence-electron chi connectivity index (χ3n) is 3.55. The molecule has 7 nitrogen and oxygen atoms in total. The van der Waals surface area contributed by atoms with Gasteiger partial charge in [0.15, 0.2) is 11.5 Å². The molecular formula is C14H15F2N7. The highest BCUT2D eigenvalue weighted by Crippen LogP contribution is 2.30. The van der Waals surface area contributed by atoms with E-state index in [0.29, 0.717) is 24.5 Å². The van der Waals surface area contributed by atoms with E-state index in [-0.39, 0.29) is 24.5 Å². The molecule has 0 spiro atoms. The molecule has 9 heteroatoms. The number of nitriles is 1. The fourth-order valence-corrected chi connectivity index (χ4v) is 2.49. The lowest BCUT2D eigenvalue weighted by atomic mass is 10.1. The van der Waals surface area contributed by atoms with Crippen molar-refractivity contribution in [1.82, 2.24) is 19.7 Å². The Bertz CT molecular complexity index is 750. The van der Waals surface area contributed by atoms with Gasteiger partial charge in [0, 0.05) is 26.2 Å². The molecule has 0 radical (unpaired) electrons. The zero-order chi connectivity index (χ0) is 16.4. The zero-order valence-corrected chi connectivity index (χ0v) is 12.5. The van der Waals surface area contributed by atoms with Gasteiger partial charge < -0.3 is 10.2 Å². The van der Waals surface area contributed by atoms with Gasteiger partial charge in [-0.25, -0.2) is 18.7 Å². The van der Waals surface area contributed by atoms with Gasteiger partial charge in [-0.05, 0) is 6.42 Å². The molecule has 2 aromatic rings. The van der Waals surface area contributed by atoms with Gasteiger partial charge in [-0.15, -0.1) is 0 Å². The maximum Gasteiger partial charge on any atom is 0.265 e. The average molecular weight is 319 g/mol. The van der Waals surface area contributed by atoms with Crippen LogP contribution in [0.4, 0.5) is 26.1 Å². The van der Waals surface area contributed by atoms with Crippen LogP contribution in [0.15, 0.2) is 18.6 Å². The lowest BCUT2D eigenvalue weighted by molar-refractivity contribution is -0.0118. The smallest absolute Gasteiger partial charge is 0.265 e. The first kappa shape index (κ1) is 15.1. The predicted molar refractivity (Wildman–Crippen MR) is 79.6 cm³/mol. The number of aromatic nitrogens is 4. The molecule has 0 unspecified atom stereocenters. The van der Waals surface area contributed by atoms with E-state index in [1.54, 1.807) is 24.1 Å². The summed E-state index contributed by atoms with van der Waals surface area (Å²) in [4.78, 5) is 9.81. The number of aryl methyl sites for hydroxylation is 1. The summed E-state index contributed by atoms with van der Waals surface area (Å²) in [5.41, 5.74) is 0.737. The monoisotopic (exact) mass is 319 g/mol. The minimum atomic E-state index is -2.73. The molecule has 0 aromatic carbocycles. The van der Waals surface area contributed by atoms with Gasteiger partial charge in [-0.1, -0.05) is 0 Å². The largest absolute Gasteiger partial charge is 0.349 e. The highest BCUT2D eigenvalue weighted by Gasteiger charge is 2.35. The van der Waals surface area contributed by atoms with Crippen molar-refractivity contribution in [1.29, 1.82) is 5.26 Å². The van der Waals surface area contributed by atoms with Gasteiger partial charge in [-0.2, -0.15) is 10.4 Å². The second-order valence-corrected chi connectivity index (χ2v) is 5.45. The lowest BCUT2D eigenvalue weighted by Gasteiger charge is -2.33. The predicted octanol–water partition coefficient (Wildman–Crippen LogP) is 2.06. The SMILES string of the molecule is Cn1cc(Nc2nc(N3CCCC(F)(F)C3)cnc2C#N)cn1. The van der Waals surface area contributed by atoms with Crippen molar-refractivity contribution in [2.75, 3.05) is 23.3 Å². The molecule has 1 fully saturated rings. The third-order valence-corrected chi connectivity index (χ3v) is 3.55. The zero-order valence-electron chi connectivity index (χ0n) is 12.5. The molecule has 2 aromatic heterocycles. The van der Waals surface area contributed by atoms with E-state index in [4.69, 9.17) is 5.26 Å². The van der Waals surface area contributed by atoms with Crippen molar-refractivity contribution in [3.63, 3.8) is 0 Å². The summed E-state index contributed by atoms with van der Waals surface area (Å²) in [5.74, 6) is -2.17. The van der Waals surface area contributed by atoms with Crippen LogP contribution < -0.4 is 10.2 Å². The highest BCUT2D eigenvalue weighted by molar-refractivity contribution is 5.61. The van der Waals surface area contributed by atoms with Crippen LogP contribution in [0, 0.1) is 11.3 Å². The van der Waals surface area contributed by atoms with E-state index < -0.39 is 5.92 Å². The number of nitrogens with one attached hydrogen (secondary N) is 1. The maximum atomic E-state index is 13.6. The molecule has 23 heavy (non-hydrogen) atoms. The van der Waals surface area contributed by atoms with E-state index in [1.165, 1.54) is 11.1 Å². The van der Waals surface area contributed by atoms with Crippen molar-refractivity contribution >= 4 is 17.3 Å². The summed E-state index contributed by atoms with van der Waals surface area (Å²) >= 11 is 0. The first-order chi connectivity index (χ1) is 11.0. The van der Waals surface area contributed by atoms with Crippen molar-refractivity contribution in [2.24, 2.45) is 7.05 Å². The Morgan fingerprint density at radius 3 is 2.87 bits per heavy atom. The molecule has 1 aliphatic rings. The van der Waals surface area contributed by atoms with Gasteiger partial charge in [-0.3, -0.25) is 4.68 Å². The fraction of sp³-hybridized carbons (Fsp3) is 0.429. The molecule has 0 aliphatic carbocycles. The Kier molecular flexibility index (Phi) is 3.82. The second-order valence-electron chi connectivity index (χ2n) is 5.45. The Hall–Kier alpha value is -2.76. The van der Waals surface area contributed by atoms with Crippen molar-refractivity contribution in [2.45, 2.75) is 18.8 Å². The second kappa shape index (κ2) is 5.79. The summed E-state index contributed by atoms with van der Waals surface area (Å²) in [6.45, 7) is 0.0996. The first-order valence-electron chi connectivity index (χ1n) is 7.12. The number of hydrogen-bond donors (Lipinski definition) is 1. The molecule has 3 heterocycles. The van der Waals surface area contributed by atoms with Crippen LogP contribution in [-0.2, 0) is 7.05 Å². The summed E-state index contributed by atoms with van der Waals surface area (Å²) in [5, 5.41) is 16.1. The van der Waals surface area contributed by atoms with Crippen molar-refractivity contribution in [3.8, 4) is 6.07 Å². The quantitative estimate of drug-likeness (QED) is 0.932. The van der Waals surface area contributed by atoms with E-state index in [0.717, 1.165) is 0 Å². The Balaban J connectivity index is 1.88. The molecule has 1 aliphatic heterocycles. The van der Waals surface area contributed by atoms with Crippen LogP contribution in [0.25, 0.3) is 0 Å². The van der Waals surface area contributed by atoms with Crippen LogP contribution in [0.5, 0.6) is 0 Å². The molecule has 1 N–H and O–H groups in total. The highest BCUT2D eigenvalue weighted by atomic mass is 19.3. The molecule has 3 rings (SSSR count). The van der Waals surface area contributed by atoms with Gasteiger partial charge in [0.05, 0.1) is 24.6 Å². The topological polar surface area (TPSA) is 82.7 Å². The number of rotatable bonds is 3. The number of hydrogen-bond acceptors (Lipinski definition) is 6. The van der Waals surface area contributed by atoms with Crippen LogP contribution in [-0.4, -0.2) is 38.8 Å². The van der Waals surface area contributed by atoms with Crippen LogP contribution in [0.2, 0.25) is 0 Å². The van der Waals surface area contributed by atoms with Gasteiger partial charge >= 0.3 is 0 Å². The maximum absolute atomic E-state index is 13.6. The van der Waals surface area contributed by atoms with Crippen molar-refractivity contribution < 1.29 is 8.78 Å². The van der Waals surface area contributed by atoms with Gasteiger partial charge in [0.25, 0.3) is 5.92 Å². The Morgan fingerprint density at radius 1 is 1.39 bits per heavy atom. The molecule has 1 saturated heterocycles. The van der Waals surface area contributed by atoms with E-state index >= 15 is 0 Å². The Labute approximate surface area is 131 Å². The summed E-state index contributed by atoms with van der Waals surface area (Å²) in [7, 11) is 1.76. The molecule has 0 saturated carbocycles. The lowest BCUT2D eigenvalue weighted by Crippen LogP contribution is -2.43. The average Bonchev–Trinajstić information content (AvgIpc) is 2.91. The van der Waals surface area contributed by atoms with Crippen molar-refractivity contribution in [3.05, 3.63) is 24.3 Å². The van der Waals surface area contributed by atoms with E-state index in [1.807, 2.05) is 6.07 Å². The van der Waals surface area contributed by atoms with E-state index in [9.17, 15) is 8.78 Å². The molecule has 120 valence electrons. The van der Waals surface area contributed by atoms with E-state index in [2.05, 4.69) is 20.4 Å². The Morgan fingerprint density at radius 2 is 2.22 bits per heavy atom. The summed E-state index contributed by atoms with van der Waals surface area (Å²) < 4.78 is 28.7. The number of halogens is 2. The number of alkyl halides is 2. The standard InChI is InChI=1S/C14H15F2N7/c1-22-8-10(6-19-22)20-13-11(5-17)18-7-12(21-13)23-4-2-3-14(15,16)9-23/h6-8H,2-4,9H2,1H3,(H,20,21). The number of anilines is 3. The molecular weight excluding hydrogens is 304 g/mol. The number of piperidine rings is 1. The molecule has 0 atom stereocenters. The third kappa shape index (κ3) is 3.36. The summed E-state index contributed by atoms with van der Waals surface area (Å²) in [6.07, 6.45) is 4.91. The number of nitrogens with zero attached hydrogens (tertiary/aromatic N) is 6. The minimum Gasteiger partial charge on any atom is -0.349 e. The van der Waals surface area contributed by atoms with Crippen LogP contribution in [0.1, 0.15) is 18.5 Å². The molecule has 0 amide bonds. The van der Waals surface area contributed by atoms with Gasteiger partial charge in [0.2, 0.25) is 0 Å².